The molecule has 0 aromatic heterocycles. The summed E-state index contributed by atoms with van der Waals surface area (Å²) in [5, 5.41) is 7.16. The number of methoxy groups -OCH3 is 1. The lowest BCUT2D eigenvalue weighted by Gasteiger charge is -2.39. The molecule has 0 bridgehead atoms. The molecule has 0 radical (unpaired) electrons. The van der Waals surface area contributed by atoms with Gasteiger partial charge in [0.25, 0.3) is 0 Å². The highest BCUT2D eigenvalue weighted by atomic mass is 35.5. The second-order valence-electron chi connectivity index (χ2n) is 5.41. The van der Waals surface area contributed by atoms with Crippen LogP contribution < -0.4 is 15.4 Å². The number of hydrogen-bond acceptors (Lipinski definition) is 3. The van der Waals surface area contributed by atoms with Crippen molar-refractivity contribution in [2.75, 3.05) is 41.0 Å². The van der Waals surface area contributed by atoms with Crippen LogP contribution in [-0.2, 0) is 10.2 Å². The molecule has 5 nitrogen and oxygen atoms in total. The molecule has 122 valence electrons. The fourth-order valence-corrected chi connectivity index (χ4v) is 3.10. The van der Waals surface area contributed by atoms with E-state index in [4.69, 9.17) is 21.1 Å². The van der Waals surface area contributed by atoms with Crippen LogP contribution in [-0.4, -0.2) is 46.9 Å². The van der Waals surface area contributed by atoms with E-state index in [2.05, 4.69) is 15.6 Å². The Bertz CT molecular complexity index is 528. The van der Waals surface area contributed by atoms with Gasteiger partial charge in [-0.3, -0.25) is 4.99 Å². The van der Waals surface area contributed by atoms with Crippen molar-refractivity contribution in [3.8, 4) is 5.75 Å². The third-order valence-electron chi connectivity index (χ3n) is 4.24. The van der Waals surface area contributed by atoms with E-state index >= 15 is 0 Å². The molecule has 0 spiro atoms. The van der Waals surface area contributed by atoms with E-state index in [-0.39, 0.29) is 5.41 Å². The van der Waals surface area contributed by atoms with Crippen molar-refractivity contribution in [3.63, 3.8) is 0 Å². The summed E-state index contributed by atoms with van der Waals surface area (Å²) < 4.78 is 11.1. The lowest BCUT2D eigenvalue weighted by atomic mass is 9.73. The third kappa shape index (κ3) is 3.65. The van der Waals surface area contributed by atoms with Crippen molar-refractivity contribution in [1.82, 2.24) is 10.6 Å². The molecule has 0 unspecified atom stereocenters. The minimum atomic E-state index is -0.0821. The summed E-state index contributed by atoms with van der Waals surface area (Å²) in [5.74, 6) is 1.64. The van der Waals surface area contributed by atoms with E-state index in [0.29, 0.717) is 0 Å². The zero-order chi connectivity index (χ0) is 16.0. The van der Waals surface area contributed by atoms with Crippen LogP contribution in [0.2, 0.25) is 5.02 Å². The van der Waals surface area contributed by atoms with Crippen LogP contribution in [0.15, 0.2) is 23.2 Å². The number of nitrogens with zero attached hydrogens (tertiary/aromatic N) is 1. The van der Waals surface area contributed by atoms with Gasteiger partial charge in [-0.25, -0.2) is 0 Å². The Morgan fingerprint density at radius 2 is 2.14 bits per heavy atom. The summed E-state index contributed by atoms with van der Waals surface area (Å²) in [5.41, 5.74) is 1.05. The molecule has 0 saturated carbocycles. The fraction of sp³-hybridized carbons (Fsp3) is 0.562. The van der Waals surface area contributed by atoms with Gasteiger partial charge in [-0.15, -0.1) is 0 Å². The first-order valence-corrected chi connectivity index (χ1v) is 7.83. The number of hydrogen-bond donors (Lipinski definition) is 2. The van der Waals surface area contributed by atoms with Gasteiger partial charge in [-0.05, 0) is 31.0 Å². The third-order valence-corrected chi connectivity index (χ3v) is 4.47. The second-order valence-corrected chi connectivity index (χ2v) is 5.85. The van der Waals surface area contributed by atoms with Crippen molar-refractivity contribution >= 4 is 17.6 Å². The molecule has 6 heteroatoms. The minimum Gasteiger partial charge on any atom is -0.496 e. The van der Waals surface area contributed by atoms with Crippen molar-refractivity contribution in [2.45, 2.75) is 18.3 Å². The summed E-state index contributed by atoms with van der Waals surface area (Å²) in [6.45, 7) is 2.21. The Labute approximate surface area is 137 Å². The molecule has 0 amide bonds. The molecule has 1 aromatic carbocycles. The number of nitrogens with one attached hydrogen (secondary N) is 2. The van der Waals surface area contributed by atoms with Gasteiger partial charge in [-0.2, -0.15) is 0 Å². The molecule has 0 aliphatic carbocycles. The number of aliphatic imine (C=N–C) groups is 1. The van der Waals surface area contributed by atoms with E-state index in [0.717, 1.165) is 54.9 Å². The van der Waals surface area contributed by atoms with Gasteiger partial charge in [0.15, 0.2) is 5.96 Å². The van der Waals surface area contributed by atoms with Crippen LogP contribution in [0.3, 0.4) is 0 Å². The highest BCUT2D eigenvalue weighted by Gasteiger charge is 2.37. The predicted molar refractivity (Wildman–Crippen MR) is 90.2 cm³/mol. The largest absolute Gasteiger partial charge is 0.496 e. The molecule has 22 heavy (non-hydrogen) atoms. The number of ether oxygens (including phenoxy) is 2. The number of rotatable bonds is 4. The summed E-state index contributed by atoms with van der Waals surface area (Å²) in [7, 11) is 5.31. The number of benzene rings is 1. The van der Waals surface area contributed by atoms with Crippen molar-refractivity contribution in [2.24, 2.45) is 4.99 Å². The van der Waals surface area contributed by atoms with Gasteiger partial charge in [0, 0.05) is 49.9 Å². The summed E-state index contributed by atoms with van der Waals surface area (Å²) in [6, 6.07) is 5.80. The first kappa shape index (κ1) is 16.9. The number of halogens is 1. The van der Waals surface area contributed by atoms with Gasteiger partial charge < -0.3 is 20.1 Å². The van der Waals surface area contributed by atoms with Crippen LogP contribution >= 0.6 is 11.6 Å². The van der Waals surface area contributed by atoms with Crippen LogP contribution in [0.1, 0.15) is 18.4 Å². The van der Waals surface area contributed by atoms with Crippen LogP contribution in [0.25, 0.3) is 0 Å². The summed E-state index contributed by atoms with van der Waals surface area (Å²) in [6.07, 6.45) is 1.83. The summed E-state index contributed by atoms with van der Waals surface area (Å²) in [4.78, 5) is 4.18. The molecule has 1 fully saturated rings. The zero-order valence-corrected chi connectivity index (χ0v) is 14.2. The van der Waals surface area contributed by atoms with Crippen LogP contribution in [0, 0.1) is 0 Å². The zero-order valence-electron chi connectivity index (χ0n) is 13.4. The summed E-state index contributed by atoms with van der Waals surface area (Å²) >= 11 is 6.23. The standard InChI is InChI=1S/C16H24ClN3O2/c1-18-15(19-2)20-11-16(6-8-22-9-7-16)13-10-12(17)4-5-14(13)21-3/h4-5,10H,6-9,11H2,1-3H3,(H2,18,19,20). The Morgan fingerprint density at radius 1 is 1.41 bits per heavy atom. The van der Waals surface area contributed by atoms with Gasteiger partial charge in [0.1, 0.15) is 5.75 Å². The highest BCUT2D eigenvalue weighted by molar-refractivity contribution is 6.30. The predicted octanol–water partition coefficient (Wildman–Crippen LogP) is 2.19. The molecule has 2 N–H and O–H groups in total. The topological polar surface area (TPSA) is 54.9 Å². The van der Waals surface area contributed by atoms with Gasteiger partial charge in [0.2, 0.25) is 0 Å². The molecule has 2 rings (SSSR count). The van der Waals surface area contributed by atoms with E-state index in [1.165, 1.54) is 0 Å². The van der Waals surface area contributed by atoms with Crippen LogP contribution in [0.5, 0.6) is 5.75 Å². The Balaban J connectivity index is 2.34. The average Bonchev–Trinajstić information content (AvgIpc) is 2.56. The van der Waals surface area contributed by atoms with Crippen molar-refractivity contribution < 1.29 is 9.47 Å². The highest BCUT2D eigenvalue weighted by Crippen LogP contribution is 2.40. The smallest absolute Gasteiger partial charge is 0.190 e. The SMILES string of the molecule is CN=C(NC)NCC1(c2cc(Cl)ccc2OC)CCOCC1. The molecule has 1 saturated heterocycles. The maximum absolute atomic E-state index is 6.23. The Kier molecular flexibility index (Phi) is 5.91. The maximum Gasteiger partial charge on any atom is 0.190 e. The van der Waals surface area contributed by atoms with Gasteiger partial charge >= 0.3 is 0 Å². The number of guanidine groups is 1. The average molecular weight is 326 g/mol. The van der Waals surface area contributed by atoms with Gasteiger partial charge in [-0.1, -0.05) is 11.6 Å². The van der Waals surface area contributed by atoms with Crippen LogP contribution in [0.4, 0.5) is 0 Å². The monoisotopic (exact) mass is 325 g/mol. The Morgan fingerprint density at radius 3 is 2.73 bits per heavy atom. The van der Waals surface area contributed by atoms with E-state index in [1.807, 2.05) is 25.2 Å². The first-order valence-electron chi connectivity index (χ1n) is 7.45. The van der Waals surface area contributed by atoms with Gasteiger partial charge in [0.05, 0.1) is 7.11 Å². The normalized spacial score (nSPS) is 17.9. The molecule has 0 atom stereocenters. The molecular formula is C16H24ClN3O2. The van der Waals surface area contributed by atoms with E-state index in [9.17, 15) is 0 Å². The molecule has 1 aromatic rings. The van der Waals surface area contributed by atoms with Crippen molar-refractivity contribution in [3.05, 3.63) is 28.8 Å². The fourth-order valence-electron chi connectivity index (χ4n) is 2.93. The lowest BCUT2D eigenvalue weighted by molar-refractivity contribution is 0.0505. The molecule has 1 aliphatic rings. The second kappa shape index (κ2) is 7.70. The maximum atomic E-state index is 6.23. The quantitative estimate of drug-likeness (QED) is 0.658. The molecule has 1 aliphatic heterocycles. The minimum absolute atomic E-state index is 0.0821. The van der Waals surface area contributed by atoms with Crippen molar-refractivity contribution in [1.29, 1.82) is 0 Å². The van der Waals surface area contributed by atoms with E-state index < -0.39 is 0 Å². The first-order chi connectivity index (χ1) is 10.6. The Hall–Kier alpha value is -1.46. The molecule has 1 heterocycles. The molecular weight excluding hydrogens is 302 g/mol. The van der Waals surface area contributed by atoms with E-state index in [1.54, 1.807) is 14.2 Å². The lowest BCUT2D eigenvalue weighted by Crippen LogP contribution is -2.47.